The van der Waals surface area contributed by atoms with Gasteiger partial charge in [-0.25, -0.2) is 0 Å². The lowest BCUT2D eigenvalue weighted by Gasteiger charge is -2.44. The lowest BCUT2D eigenvalue weighted by Crippen LogP contribution is -2.55. The first-order chi connectivity index (χ1) is 11.3. The molecule has 23 heavy (non-hydrogen) atoms. The third kappa shape index (κ3) is 5.44. The Labute approximate surface area is 143 Å². The maximum Gasteiger partial charge on any atom is 0.0446 e. The van der Waals surface area contributed by atoms with Crippen molar-refractivity contribution in [3.63, 3.8) is 0 Å². The summed E-state index contributed by atoms with van der Waals surface area (Å²) in [6.07, 6.45) is 15.4. The van der Waals surface area contributed by atoms with Gasteiger partial charge in [-0.3, -0.25) is 4.90 Å². The van der Waals surface area contributed by atoms with Crippen molar-refractivity contribution in [1.29, 1.82) is 0 Å². The molecule has 1 saturated heterocycles. The number of piperazine rings is 1. The van der Waals surface area contributed by atoms with Gasteiger partial charge in [0.25, 0.3) is 0 Å². The monoisotopic (exact) mass is 322 g/mol. The molecule has 3 aliphatic rings. The van der Waals surface area contributed by atoms with Gasteiger partial charge in [-0.05, 0) is 43.9 Å². The molecule has 3 fully saturated rings. The van der Waals surface area contributed by atoms with Gasteiger partial charge in [0.05, 0.1) is 0 Å². The quantitative estimate of drug-likeness (QED) is 0.810. The summed E-state index contributed by atoms with van der Waals surface area (Å²) >= 11 is 0. The molecule has 0 radical (unpaired) electrons. The van der Waals surface area contributed by atoms with E-state index in [-0.39, 0.29) is 0 Å². The van der Waals surface area contributed by atoms with Crippen LogP contribution in [0.1, 0.15) is 70.6 Å². The number of aliphatic hydroxyl groups excluding tert-OH is 1. The number of aliphatic hydroxyl groups is 1. The Morgan fingerprint density at radius 3 is 1.96 bits per heavy atom. The molecule has 0 aromatic rings. The highest BCUT2D eigenvalue weighted by molar-refractivity contribution is 4.85. The van der Waals surface area contributed by atoms with E-state index in [1.54, 1.807) is 0 Å². The summed E-state index contributed by atoms with van der Waals surface area (Å²) in [5, 5.41) is 9.50. The van der Waals surface area contributed by atoms with Crippen LogP contribution < -0.4 is 0 Å². The zero-order valence-electron chi connectivity index (χ0n) is 15.1. The predicted molar refractivity (Wildman–Crippen MR) is 96.7 cm³/mol. The highest BCUT2D eigenvalue weighted by Crippen LogP contribution is 2.28. The van der Waals surface area contributed by atoms with E-state index in [0.717, 1.165) is 18.3 Å². The molecule has 3 nitrogen and oxygen atoms in total. The summed E-state index contributed by atoms with van der Waals surface area (Å²) < 4.78 is 0. The van der Waals surface area contributed by atoms with Crippen molar-refractivity contribution in [1.82, 2.24) is 9.80 Å². The van der Waals surface area contributed by atoms with Crippen LogP contribution in [0.5, 0.6) is 0 Å². The second-order valence-electron chi connectivity index (χ2n) is 8.43. The first kappa shape index (κ1) is 17.7. The van der Waals surface area contributed by atoms with Crippen molar-refractivity contribution in [3.05, 3.63) is 0 Å². The highest BCUT2D eigenvalue weighted by atomic mass is 16.3. The number of hydrogen-bond acceptors (Lipinski definition) is 3. The van der Waals surface area contributed by atoms with Crippen molar-refractivity contribution in [2.45, 2.75) is 76.7 Å². The minimum Gasteiger partial charge on any atom is -0.396 e. The summed E-state index contributed by atoms with van der Waals surface area (Å²) in [5.74, 6) is 1.87. The SMILES string of the molecule is OCC[C@@H]1CN(CC2CCCCC2)CCN1CC1CCCCC1. The first-order valence-corrected chi connectivity index (χ1v) is 10.4. The topological polar surface area (TPSA) is 26.7 Å². The maximum absolute atomic E-state index is 9.50. The molecule has 1 aliphatic heterocycles. The van der Waals surface area contributed by atoms with Crippen LogP contribution in [0.25, 0.3) is 0 Å². The molecule has 2 aliphatic carbocycles. The van der Waals surface area contributed by atoms with Gasteiger partial charge in [-0.2, -0.15) is 0 Å². The van der Waals surface area contributed by atoms with E-state index in [0.29, 0.717) is 12.6 Å². The van der Waals surface area contributed by atoms with Crippen LogP contribution in [-0.2, 0) is 0 Å². The normalized spacial score (nSPS) is 29.9. The van der Waals surface area contributed by atoms with Gasteiger partial charge in [0.2, 0.25) is 0 Å². The minimum atomic E-state index is 0.350. The molecule has 2 saturated carbocycles. The Bertz CT molecular complexity index is 324. The maximum atomic E-state index is 9.50. The third-order valence-corrected chi connectivity index (χ3v) is 6.61. The van der Waals surface area contributed by atoms with E-state index >= 15 is 0 Å². The standard InChI is InChI=1S/C20H38N2O/c23-14-11-20-17-21(15-18-7-3-1-4-8-18)12-13-22(20)16-19-9-5-2-6-10-19/h18-20,23H,1-17H2/t20-/m1/s1. The Morgan fingerprint density at radius 1 is 0.739 bits per heavy atom. The molecule has 0 spiro atoms. The molecule has 0 aromatic carbocycles. The van der Waals surface area contributed by atoms with Crippen LogP contribution in [0, 0.1) is 11.8 Å². The van der Waals surface area contributed by atoms with Crippen LogP contribution >= 0.6 is 0 Å². The Balaban J connectivity index is 1.48. The van der Waals surface area contributed by atoms with E-state index in [1.165, 1.54) is 96.9 Å². The van der Waals surface area contributed by atoms with Gasteiger partial charge in [-0.15, -0.1) is 0 Å². The summed E-state index contributed by atoms with van der Waals surface area (Å²) in [5.41, 5.74) is 0. The van der Waals surface area contributed by atoms with E-state index in [4.69, 9.17) is 0 Å². The lowest BCUT2D eigenvalue weighted by molar-refractivity contribution is 0.0339. The van der Waals surface area contributed by atoms with Crippen molar-refractivity contribution >= 4 is 0 Å². The van der Waals surface area contributed by atoms with E-state index in [9.17, 15) is 5.11 Å². The van der Waals surface area contributed by atoms with E-state index < -0.39 is 0 Å². The van der Waals surface area contributed by atoms with Crippen LogP contribution in [0.3, 0.4) is 0 Å². The van der Waals surface area contributed by atoms with Crippen LogP contribution in [0.15, 0.2) is 0 Å². The average Bonchev–Trinajstić information content (AvgIpc) is 2.59. The largest absolute Gasteiger partial charge is 0.396 e. The van der Waals surface area contributed by atoms with Crippen molar-refractivity contribution in [3.8, 4) is 0 Å². The van der Waals surface area contributed by atoms with Gasteiger partial charge in [0.1, 0.15) is 0 Å². The molecule has 1 heterocycles. The number of hydrogen-bond donors (Lipinski definition) is 1. The highest BCUT2D eigenvalue weighted by Gasteiger charge is 2.30. The Hall–Kier alpha value is -0.120. The van der Waals surface area contributed by atoms with Crippen LogP contribution in [0.4, 0.5) is 0 Å². The second-order valence-corrected chi connectivity index (χ2v) is 8.43. The fourth-order valence-corrected chi connectivity index (χ4v) is 5.22. The molecule has 3 rings (SSSR count). The summed E-state index contributed by atoms with van der Waals surface area (Å²) in [4.78, 5) is 5.44. The van der Waals surface area contributed by atoms with E-state index in [2.05, 4.69) is 9.80 Å². The number of rotatable bonds is 6. The van der Waals surface area contributed by atoms with Gasteiger partial charge in [-0.1, -0.05) is 38.5 Å². The van der Waals surface area contributed by atoms with Crippen molar-refractivity contribution < 1.29 is 5.11 Å². The molecule has 0 aromatic heterocycles. The molecule has 1 N–H and O–H groups in total. The van der Waals surface area contributed by atoms with Gasteiger partial charge in [0, 0.05) is 45.4 Å². The Kier molecular flexibility index (Phi) is 7.22. The summed E-state index contributed by atoms with van der Waals surface area (Å²) in [6, 6.07) is 0.597. The smallest absolute Gasteiger partial charge is 0.0446 e. The molecular weight excluding hydrogens is 284 g/mol. The molecule has 1 atom stereocenters. The Morgan fingerprint density at radius 2 is 1.35 bits per heavy atom. The summed E-state index contributed by atoms with van der Waals surface area (Å²) in [6.45, 7) is 6.65. The third-order valence-electron chi connectivity index (χ3n) is 6.61. The van der Waals surface area contributed by atoms with Crippen molar-refractivity contribution in [2.75, 3.05) is 39.3 Å². The average molecular weight is 323 g/mol. The fraction of sp³-hybridized carbons (Fsp3) is 1.00. The van der Waals surface area contributed by atoms with Crippen LogP contribution in [-0.4, -0.2) is 60.3 Å². The van der Waals surface area contributed by atoms with Crippen molar-refractivity contribution in [2.24, 2.45) is 11.8 Å². The zero-order chi connectivity index (χ0) is 15.9. The molecule has 0 bridgehead atoms. The number of nitrogens with zero attached hydrogens (tertiary/aromatic N) is 2. The van der Waals surface area contributed by atoms with E-state index in [1.807, 2.05) is 0 Å². The molecular formula is C20H38N2O. The van der Waals surface area contributed by atoms with Crippen LogP contribution in [0.2, 0.25) is 0 Å². The van der Waals surface area contributed by atoms with Gasteiger partial charge < -0.3 is 10.0 Å². The first-order valence-electron chi connectivity index (χ1n) is 10.4. The van der Waals surface area contributed by atoms with Gasteiger partial charge >= 0.3 is 0 Å². The predicted octanol–water partition coefficient (Wildman–Crippen LogP) is 3.52. The fourth-order valence-electron chi connectivity index (χ4n) is 5.22. The molecule has 0 amide bonds. The molecule has 134 valence electrons. The molecule has 0 unspecified atom stereocenters. The van der Waals surface area contributed by atoms with Gasteiger partial charge in [0.15, 0.2) is 0 Å². The minimum absolute atomic E-state index is 0.350. The summed E-state index contributed by atoms with van der Waals surface area (Å²) in [7, 11) is 0. The zero-order valence-corrected chi connectivity index (χ0v) is 15.1. The second kappa shape index (κ2) is 9.39. The lowest BCUT2D eigenvalue weighted by atomic mass is 9.87. The molecule has 3 heteroatoms.